The molecule has 1 rings (SSSR count). The summed E-state index contributed by atoms with van der Waals surface area (Å²) in [7, 11) is 4.42. The van der Waals surface area contributed by atoms with E-state index in [9.17, 15) is 0 Å². The largest absolute Gasteiger partial charge is 0.317 e. The van der Waals surface area contributed by atoms with Crippen molar-refractivity contribution in [3.05, 3.63) is 0 Å². The van der Waals surface area contributed by atoms with Gasteiger partial charge >= 0.3 is 0 Å². The molecule has 0 aliphatic heterocycles. The van der Waals surface area contributed by atoms with Gasteiger partial charge in [-0.25, -0.2) is 0 Å². The van der Waals surface area contributed by atoms with Crippen LogP contribution in [0.15, 0.2) is 0 Å². The molecule has 1 aliphatic rings. The van der Waals surface area contributed by atoms with Crippen LogP contribution < -0.4 is 5.32 Å². The molecule has 0 aromatic heterocycles. The Morgan fingerprint density at radius 3 is 2.67 bits per heavy atom. The van der Waals surface area contributed by atoms with E-state index in [0.717, 1.165) is 11.9 Å². The fourth-order valence-electron chi connectivity index (χ4n) is 1.70. The maximum atomic E-state index is 3.33. The van der Waals surface area contributed by atoms with Crippen molar-refractivity contribution in [3.8, 4) is 0 Å². The molecule has 1 N–H and O–H groups in total. The van der Waals surface area contributed by atoms with Gasteiger partial charge in [-0.05, 0) is 19.9 Å². The van der Waals surface area contributed by atoms with E-state index >= 15 is 0 Å². The smallest absolute Gasteiger partial charge is 0.105 e. The topological polar surface area (TPSA) is 12.0 Å². The van der Waals surface area contributed by atoms with E-state index in [1.165, 1.54) is 25.7 Å². The third-order valence-electron chi connectivity index (χ3n) is 2.34. The molecule has 0 heterocycles. The number of nitrogens with one attached hydrogen (secondary N) is 1. The standard InChI is InChI=1S/C7H16BN/c1-9-7-4-2-3-6(8)5-7/h6-7,9H,2-5,8H2,1H3/t6-,7-/m0/s1. The Balaban J connectivity index is 2.23. The number of hydrogen-bond acceptors (Lipinski definition) is 1. The first-order chi connectivity index (χ1) is 4.33. The van der Waals surface area contributed by atoms with Crippen molar-refractivity contribution in [2.45, 2.75) is 37.5 Å². The lowest BCUT2D eigenvalue weighted by molar-refractivity contribution is 0.395. The van der Waals surface area contributed by atoms with E-state index in [0.29, 0.717) is 0 Å². The Labute approximate surface area is 58.6 Å². The van der Waals surface area contributed by atoms with E-state index in [-0.39, 0.29) is 0 Å². The molecule has 2 heteroatoms. The second-order valence-corrected chi connectivity index (χ2v) is 3.26. The van der Waals surface area contributed by atoms with Crippen LogP contribution in [0.4, 0.5) is 0 Å². The summed E-state index contributed by atoms with van der Waals surface area (Å²) in [5.74, 6) is 0.955. The summed E-state index contributed by atoms with van der Waals surface area (Å²) in [6.45, 7) is 0. The lowest BCUT2D eigenvalue weighted by Gasteiger charge is -2.25. The van der Waals surface area contributed by atoms with Gasteiger partial charge in [-0.3, -0.25) is 0 Å². The summed E-state index contributed by atoms with van der Waals surface area (Å²) < 4.78 is 0. The Kier molecular flexibility index (Phi) is 2.58. The van der Waals surface area contributed by atoms with E-state index in [2.05, 4.69) is 20.2 Å². The minimum absolute atomic E-state index is 0.814. The normalized spacial score (nSPS) is 36.6. The molecule has 1 saturated carbocycles. The van der Waals surface area contributed by atoms with Gasteiger partial charge in [0, 0.05) is 6.04 Å². The molecular formula is C7H16BN. The molecule has 0 aromatic rings. The van der Waals surface area contributed by atoms with Crippen LogP contribution in [-0.4, -0.2) is 20.9 Å². The molecule has 52 valence electrons. The lowest BCUT2D eigenvalue weighted by Crippen LogP contribution is -2.29. The maximum absolute atomic E-state index is 3.33. The third kappa shape index (κ3) is 2.01. The van der Waals surface area contributed by atoms with Crippen molar-refractivity contribution < 1.29 is 0 Å². The molecule has 1 nitrogen and oxygen atoms in total. The Morgan fingerprint density at radius 2 is 2.22 bits per heavy atom. The van der Waals surface area contributed by atoms with Crippen LogP contribution in [0.2, 0.25) is 5.82 Å². The van der Waals surface area contributed by atoms with E-state index < -0.39 is 0 Å². The summed E-state index contributed by atoms with van der Waals surface area (Å²) in [5.41, 5.74) is 0. The van der Waals surface area contributed by atoms with Crippen LogP contribution in [0.5, 0.6) is 0 Å². The van der Waals surface area contributed by atoms with Crippen molar-refractivity contribution >= 4 is 7.85 Å². The lowest BCUT2D eigenvalue weighted by atomic mass is 9.74. The summed E-state index contributed by atoms with van der Waals surface area (Å²) >= 11 is 0. The minimum atomic E-state index is 0.814. The average Bonchev–Trinajstić information content (AvgIpc) is 1.88. The van der Waals surface area contributed by atoms with Crippen molar-refractivity contribution in [2.75, 3.05) is 7.05 Å². The highest BCUT2D eigenvalue weighted by atomic mass is 14.9. The summed E-state index contributed by atoms with van der Waals surface area (Å²) in [4.78, 5) is 0. The Bertz CT molecular complexity index is 85.0. The fraction of sp³-hybridized carbons (Fsp3) is 1.00. The first-order valence-electron chi connectivity index (χ1n) is 4.00. The summed E-state index contributed by atoms with van der Waals surface area (Å²) in [5, 5.41) is 3.33. The highest BCUT2D eigenvalue weighted by Crippen LogP contribution is 2.25. The van der Waals surface area contributed by atoms with Gasteiger partial charge in [-0.1, -0.05) is 18.7 Å². The first kappa shape index (κ1) is 7.14. The molecule has 0 spiro atoms. The molecule has 0 aromatic carbocycles. The zero-order chi connectivity index (χ0) is 6.69. The van der Waals surface area contributed by atoms with Gasteiger partial charge in [0.05, 0.1) is 0 Å². The maximum Gasteiger partial charge on any atom is 0.105 e. The van der Waals surface area contributed by atoms with Gasteiger partial charge in [0.1, 0.15) is 7.85 Å². The first-order valence-corrected chi connectivity index (χ1v) is 4.00. The Morgan fingerprint density at radius 1 is 1.44 bits per heavy atom. The van der Waals surface area contributed by atoms with Gasteiger partial charge in [-0.2, -0.15) is 0 Å². The molecule has 1 fully saturated rings. The predicted molar refractivity (Wildman–Crippen MR) is 43.6 cm³/mol. The van der Waals surface area contributed by atoms with E-state index in [4.69, 9.17) is 0 Å². The molecule has 0 saturated heterocycles. The monoisotopic (exact) mass is 125 g/mol. The zero-order valence-electron chi connectivity index (χ0n) is 6.48. The van der Waals surface area contributed by atoms with Crippen LogP contribution in [0, 0.1) is 0 Å². The van der Waals surface area contributed by atoms with Gasteiger partial charge < -0.3 is 5.32 Å². The number of hydrogen-bond donors (Lipinski definition) is 1. The van der Waals surface area contributed by atoms with Crippen molar-refractivity contribution in [3.63, 3.8) is 0 Å². The second kappa shape index (κ2) is 3.26. The Hall–Kier alpha value is 0.0249. The van der Waals surface area contributed by atoms with Crippen molar-refractivity contribution in [2.24, 2.45) is 0 Å². The van der Waals surface area contributed by atoms with Crippen LogP contribution >= 0.6 is 0 Å². The van der Waals surface area contributed by atoms with Gasteiger partial charge in [0.2, 0.25) is 0 Å². The van der Waals surface area contributed by atoms with Crippen LogP contribution in [0.1, 0.15) is 25.7 Å². The highest BCUT2D eigenvalue weighted by Gasteiger charge is 2.16. The van der Waals surface area contributed by atoms with Crippen LogP contribution in [-0.2, 0) is 0 Å². The SMILES string of the molecule is B[C@H]1CCC[C@H](NC)C1. The molecule has 9 heavy (non-hydrogen) atoms. The molecule has 1 aliphatic carbocycles. The molecule has 2 atom stereocenters. The predicted octanol–water partition coefficient (Wildman–Crippen LogP) is 0.570. The van der Waals surface area contributed by atoms with Gasteiger partial charge in [0.15, 0.2) is 0 Å². The van der Waals surface area contributed by atoms with Crippen LogP contribution in [0.25, 0.3) is 0 Å². The van der Waals surface area contributed by atoms with Crippen molar-refractivity contribution in [1.29, 1.82) is 0 Å². The summed E-state index contributed by atoms with van der Waals surface area (Å²) in [6, 6.07) is 0.814. The fourth-order valence-corrected chi connectivity index (χ4v) is 1.70. The van der Waals surface area contributed by atoms with Gasteiger partial charge in [0.25, 0.3) is 0 Å². The van der Waals surface area contributed by atoms with Crippen molar-refractivity contribution in [1.82, 2.24) is 5.32 Å². The molecule has 0 unspecified atom stereocenters. The minimum Gasteiger partial charge on any atom is -0.317 e. The number of rotatable bonds is 1. The molecular weight excluding hydrogens is 109 g/mol. The zero-order valence-corrected chi connectivity index (χ0v) is 6.48. The molecule has 0 amide bonds. The molecule has 0 radical (unpaired) electrons. The highest BCUT2D eigenvalue weighted by molar-refractivity contribution is 6.11. The summed E-state index contributed by atoms with van der Waals surface area (Å²) in [6.07, 6.45) is 5.64. The average molecular weight is 125 g/mol. The van der Waals surface area contributed by atoms with Crippen LogP contribution in [0.3, 0.4) is 0 Å². The molecule has 0 bridgehead atoms. The quantitative estimate of drug-likeness (QED) is 0.505. The second-order valence-electron chi connectivity index (χ2n) is 3.26. The van der Waals surface area contributed by atoms with E-state index in [1.807, 2.05) is 0 Å². The van der Waals surface area contributed by atoms with E-state index in [1.54, 1.807) is 0 Å². The third-order valence-corrected chi connectivity index (χ3v) is 2.34. The van der Waals surface area contributed by atoms with Gasteiger partial charge in [-0.15, -0.1) is 0 Å².